The minimum Gasteiger partial charge on any atom is -0.462 e. The van der Waals surface area contributed by atoms with E-state index in [-0.39, 0.29) is 31.1 Å². The van der Waals surface area contributed by atoms with Crippen molar-refractivity contribution in [1.82, 2.24) is 0 Å². The number of carbonyl (C=O) groups is 3. The SMILES string of the molecule is CC/C=C\C/C=C\C/C=C\C/C=C\CCCCCCCCCCC(=O)OCC(COC(=O)CCCCCCCCCCC/C=C\CCCCCCCC)OC(=O)CCCCCCCCCCCCCCCCCCCCCCC. The quantitative estimate of drug-likeness (QED) is 0.0261. The fourth-order valence-electron chi connectivity index (χ4n) is 10.3. The maximum absolute atomic E-state index is 13.0. The molecule has 0 spiro atoms. The number of rotatable bonds is 64. The fraction of sp³-hybridized carbons (Fsp3) is 0.822. The van der Waals surface area contributed by atoms with Crippen LogP contribution in [-0.2, 0) is 28.6 Å². The molecule has 0 aromatic rings. The van der Waals surface area contributed by atoms with Crippen LogP contribution >= 0.6 is 0 Å². The van der Waals surface area contributed by atoms with Gasteiger partial charge in [0.25, 0.3) is 0 Å². The van der Waals surface area contributed by atoms with Gasteiger partial charge in [-0.1, -0.05) is 326 Å². The molecule has 0 aromatic carbocycles. The Hall–Kier alpha value is -2.89. The molecule has 0 aromatic heterocycles. The summed E-state index contributed by atoms with van der Waals surface area (Å²) in [6, 6.07) is 0. The van der Waals surface area contributed by atoms with Gasteiger partial charge in [0.15, 0.2) is 6.10 Å². The molecule has 0 saturated heterocycles. The first-order chi connectivity index (χ1) is 39.0. The Balaban J connectivity index is 4.35. The summed E-state index contributed by atoms with van der Waals surface area (Å²) in [7, 11) is 0. The topological polar surface area (TPSA) is 78.9 Å². The Labute approximate surface area is 491 Å². The molecule has 0 rings (SSSR count). The average molecular weight is 1110 g/mol. The van der Waals surface area contributed by atoms with Crippen molar-refractivity contribution in [1.29, 1.82) is 0 Å². The summed E-state index contributed by atoms with van der Waals surface area (Å²) < 4.78 is 17.0. The third-order valence-electron chi connectivity index (χ3n) is 15.5. The Morgan fingerprint density at radius 3 is 0.785 bits per heavy atom. The molecule has 79 heavy (non-hydrogen) atoms. The Morgan fingerprint density at radius 1 is 0.266 bits per heavy atom. The van der Waals surface area contributed by atoms with Crippen LogP contribution in [0.5, 0.6) is 0 Å². The zero-order valence-corrected chi connectivity index (χ0v) is 52.9. The summed E-state index contributed by atoms with van der Waals surface area (Å²) in [5.41, 5.74) is 0. The van der Waals surface area contributed by atoms with E-state index in [9.17, 15) is 14.4 Å². The van der Waals surface area contributed by atoms with Gasteiger partial charge in [0.2, 0.25) is 0 Å². The smallest absolute Gasteiger partial charge is 0.306 e. The maximum atomic E-state index is 13.0. The van der Waals surface area contributed by atoms with Crippen molar-refractivity contribution in [2.24, 2.45) is 0 Å². The van der Waals surface area contributed by atoms with Crippen LogP contribution in [0.1, 0.15) is 367 Å². The predicted octanol–water partition coefficient (Wildman–Crippen LogP) is 23.9. The van der Waals surface area contributed by atoms with Crippen LogP contribution in [0.25, 0.3) is 0 Å². The molecule has 0 bridgehead atoms. The predicted molar refractivity (Wildman–Crippen MR) is 344 cm³/mol. The highest BCUT2D eigenvalue weighted by molar-refractivity contribution is 5.71. The molecule has 0 heterocycles. The van der Waals surface area contributed by atoms with E-state index in [2.05, 4.69) is 81.5 Å². The second-order valence-corrected chi connectivity index (χ2v) is 23.4. The number of allylic oxidation sites excluding steroid dienone is 10. The molecule has 0 N–H and O–H groups in total. The maximum Gasteiger partial charge on any atom is 0.306 e. The zero-order chi connectivity index (χ0) is 57.1. The number of unbranched alkanes of at least 4 members (excludes halogenated alkanes) is 43. The number of carbonyl (C=O) groups excluding carboxylic acids is 3. The van der Waals surface area contributed by atoms with Crippen molar-refractivity contribution >= 4 is 17.9 Å². The van der Waals surface area contributed by atoms with Gasteiger partial charge in [-0.2, -0.15) is 0 Å². The Bertz CT molecular complexity index is 1410. The molecule has 6 heteroatoms. The molecule has 0 aliphatic carbocycles. The van der Waals surface area contributed by atoms with Gasteiger partial charge >= 0.3 is 17.9 Å². The van der Waals surface area contributed by atoms with E-state index >= 15 is 0 Å². The van der Waals surface area contributed by atoms with Gasteiger partial charge in [-0.25, -0.2) is 0 Å². The van der Waals surface area contributed by atoms with Gasteiger partial charge in [-0.05, 0) is 83.5 Å². The fourth-order valence-corrected chi connectivity index (χ4v) is 10.3. The highest BCUT2D eigenvalue weighted by atomic mass is 16.6. The van der Waals surface area contributed by atoms with Crippen molar-refractivity contribution in [3.63, 3.8) is 0 Å². The molecule has 0 aliphatic heterocycles. The van der Waals surface area contributed by atoms with E-state index in [4.69, 9.17) is 14.2 Å². The second-order valence-electron chi connectivity index (χ2n) is 23.4. The monoisotopic (exact) mass is 1110 g/mol. The summed E-state index contributed by atoms with van der Waals surface area (Å²) in [4.78, 5) is 38.5. The van der Waals surface area contributed by atoms with Crippen molar-refractivity contribution in [2.75, 3.05) is 13.2 Å². The van der Waals surface area contributed by atoms with Crippen LogP contribution in [0.3, 0.4) is 0 Å². The van der Waals surface area contributed by atoms with Gasteiger partial charge in [0.05, 0.1) is 0 Å². The summed E-state index contributed by atoms with van der Waals surface area (Å²) in [6.07, 6.45) is 86.6. The summed E-state index contributed by atoms with van der Waals surface area (Å²) in [6.45, 7) is 6.58. The molecule has 0 radical (unpaired) electrons. The first-order valence-electron chi connectivity index (χ1n) is 34.8. The third kappa shape index (κ3) is 65.8. The van der Waals surface area contributed by atoms with E-state index < -0.39 is 6.10 Å². The van der Waals surface area contributed by atoms with Gasteiger partial charge in [-0.3, -0.25) is 14.4 Å². The molecule has 1 unspecified atom stereocenters. The van der Waals surface area contributed by atoms with Gasteiger partial charge in [0.1, 0.15) is 13.2 Å². The van der Waals surface area contributed by atoms with Gasteiger partial charge in [0, 0.05) is 19.3 Å². The van der Waals surface area contributed by atoms with E-state index in [0.29, 0.717) is 19.3 Å². The van der Waals surface area contributed by atoms with E-state index in [0.717, 1.165) is 89.9 Å². The van der Waals surface area contributed by atoms with Crippen LogP contribution in [0.15, 0.2) is 60.8 Å². The number of hydrogen-bond donors (Lipinski definition) is 0. The van der Waals surface area contributed by atoms with Crippen molar-refractivity contribution in [3.8, 4) is 0 Å². The normalized spacial score (nSPS) is 12.4. The highest BCUT2D eigenvalue weighted by Gasteiger charge is 2.19. The van der Waals surface area contributed by atoms with E-state index in [1.165, 1.54) is 238 Å². The number of ether oxygens (including phenoxy) is 3. The zero-order valence-electron chi connectivity index (χ0n) is 52.9. The van der Waals surface area contributed by atoms with Gasteiger partial charge < -0.3 is 14.2 Å². The summed E-state index contributed by atoms with van der Waals surface area (Å²) in [5, 5.41) is 0. The highest BCUT2D eigenvalue weighted by Crippen LogP contribution is 2.18. The second kappa shape index (κ2) is 67.6. The number of esters is 3. The Morgan fingerprint density at radius 2 is 0.494 bits per heavy atom. The van der Waals surface area contributed by atoms with Crippen molar-refractivity contribution in [2.45, 2.75) is 374 Å². The molecular formula is C73H132O6. The summed E-state index contributed by atoms with van der Waals surface area (Å²) >= 11 is 0. The van der Waals surface area contributed by atoms with Gasteiger partial charge in [-0.15, -0.1) is 0 Å². The van der Waals surface area contributed by atoms with Crippen LogP contribution in [0.4, 0.5) is 0 Å². The summed E-state index contributed by atoms with van der Waals surface area (Å²) in [5.74, 6) is -0.859. The molecule has 0 amide bonds. The molecular weight excluding hydrogens is 973 g/mol. The van der Waals surface area contributed by atoms with E-state index in [1.54, 1.807) is 0 Å². The molecule has 1 atom stereocenters. The van der Waals surface area contributed by atoms with E-state index in [1.807, 2.05) is 0 Å². The van der Waals surface area contributed by atoms with Crippen LogP contribution in [0.2, 0.25) is 0 Å². The van der Waals surface area contributed by atoms with Crippen LogP contribution in [-0.4, -0.2) is 37.2 Å². The minimum atomic E-state index is -0.778. The molecule has 0 aliphatic rings. The first kappa shape index (κ1) is 76.1. The lowest BCUT2D eigenvalue weighted by Crippen LogP contribution is -2.30. The standard InChI is InChI=1S/C73H132O6/c1-4-7-10-13-16-19-22-25-28-31-34-36-39-42-45-48-51-54-57-60-63-66-72(75)78-69-70(68-77-71(74)65-62-59-56-53-50-47-44-41-38-33-30-27-24-21-18-15-12-9-6-3)79-73(76)67-64-61-58-55-52-49-46-43-40-37-35-32-29-26-23-20-17-14-11-8-5-2/h7,10,16,19,25,27-28,30,34,36,70H,4-6,8-9,11-15,17-18,20-24,26,29,31-33,35,37-69H2,1-3H3/b10-7-,19-16-,28-25-,30-27-,36-34-. The van der Waals surface area contributed by atoms with Crippen molar-refractivity contribution in [3.05, 3.63) is 60.8 Å². The minimum absolute atomic E-state index is 0.0739. The third-order valence-corrected chi connectivity index (χ3v) is 15.5. The lowest BCUT2D eigenvalue weighted by molar-refractivity contribution is -0.167. The molecule has 460 valence electrons. The lowest BCUT2D eigenvalue weighted by Gasteiger charge is -2.18. The molecule has 6 nitrogen and oxygen atoms in total. The van der Waals surface area contributed by atoms with Crippen molar-refractivity contribution < 1.29 is 28.6 Å². The first-order valence-corrected chi connectivity index (χ1v) is 34.8. The Kier molecular flexibility index (Phi) is 65.1. The largest absolute Gasteiger partial charge is 0.462 e. The number of hydrogen-bond acceptors (Lipinski definition) is 6. The van der Waals surface area contributed by atoms with Crippen LogP contribution in [0, 0.1) is 0 Å². The molecule has 0 saturated carbocycles. The molecule has 0 fully saturated rings. The van der Waals surface area contributed by atoms with Crippen LogP contribution < -0.4 is 0 Å². The average Bonchev–Trinajstić information content (AvgIpc) is 3.45. The lowest BCUT2D eigenvalue weighted by atomic mass is 10.0.